The van der Waals surface area contributed by atoms with E-state index in [9.17, 15) is 9.00 Å². The molecule has 0 radical (unpaired) electrons. The van der Waals surface area contributed by atoms with Crippen molar-refractivity contribution in [3.63, 3.8) is 0 Å². The first kappa shape index (κ1) is 13.7. The molecule has 0 aromatic heterocycles. The number of nitrogen functional groups attached to an aromatic ring is 1. The van der Waals surface area contributed by atoms with Crippen molar-refractivity contribution in [2.45, 2.75) is 19.1 Å². The predicted octanol–water partition coefficient (Wildman–Crippen LogP) is 1.07. The number of anilines is 1. The van der Waals surface area contributed by atoms with Crippen LogP contribution in [0.3, 0.4) is 0 Å². The lowest BCUT2D eigenvalue weighted by Crippen LogP contribution is -2.33. The van der Waals surface area contributed by atoms with E-state index in [1.807, 2.05) is 19.9 Å². The van der Waals surface area contributed by atoms with E-state index in [4.69, 9.17) is 5.73 Å². The monoisotopic (exact) mass is 254 g/mol. The lowest BCUT2D eigenvalue weighted by atomic mass is 10.1. The van der Waals surface area contributed by atoms with Crippen molar-refractivity contribution in [2.24, 2.45) is 0 Å². The zero-order chi connectivity index (χ0) is 13.0. The highest BCUT2D eigenvalue weighted by Gasteiger charge is 2.12. The maximum Gasteiger partial charge on any atom is 0.251 e. The number of hydrogen-bond donors (Lipinski definition) is 2. The van der Waals surface area contributed by atoms with Crippen LogP contribution in [0.15, 0.2) is 18.2 Å². The molecule has 0 aliphatic carbocycles. The average Bonchev–Trinajstić information content (AvgIpc) is 2.28. The summed E-state index contributed by atoms with van der Waals surface area (Å²) < 4.78 is 11.2. The summed E-state index contributed by atoms with van der Waals surface area (Å²) in [6.45, 7) is 4.09. The zero-order valence-electron chi connectivity index (χ0n) is 10.3. The molecule has 1 amide bonds. The fourth-order valence-electron chi connectivity index (χ4n) is 1.33. The van der Waals surface area contributed by atoms with Crippen LogP contribution in [0, 0.1) is 6.92 Å². The van der Waals surface area contributed by atoms with E-state index < -0.39 is 10.8 Å². The van der Waals surface area contributed by atoms with Gasteiger partial charge in [-0.2, -0.15) is 0 Å². The van der Waals surface area contributed by atoms with Crippen LogP contribution in [-0.4, -0.2) is 28.2 Å². The van der Waals surface area contributed by atoms with Gasteiger partial charge in [0.1, 0.15) is 0 Å². The highest BCUT2D eigenvalue weighted by Crippen LogP contribution is 2.12. The SMILES string of the molecule is Cc1ccc(N)cc1C(=O)NCC(C)S(C)=O. The first-order valence-electron chi connectivity index (χ1n) is 5.38. The number of nitrogens with one attached hydrogen (secondary N) is 1. The van der Waals surface area contributed by atoms with E-state index in [-0.39, 0.29) is 11.2 Å². The largest absolute Gasteiger partial charge is 0.399 e. The van der Waals surface area contributed by atoms with Gasteiger partial charge in [-0.3, -0.25) is 9.00 Å². The van der Waals surface area contributed by atoms with Gasteiger partial charge in [-0.25, -0.2) is 0 Å². The number of nitrogens with two attached hydrogens (primary N) is 1. The van der Waals surface area contributed by atoms with Gasteiger partial charge in [-0.1, -0.05) is 6.07 Å². The Bertz CT molecular complexity index is 446. The highest BCUT2D eigenvalue weighted by atomic mass is 32.2. The molecule has 1 rings (SSSR count). The lowest BCUT2D eigenvalue weighted by Gasteiger charge is -2.11. The van der Waals surface area contributed by atoms with E-state index in [0.29, 0.717) is 17.8 Å². The summed E-state index contributed by atoms with van der Waals surface area (Å²) in [5.41, 5.74) is 7.65. The van der Waals surface area contributed by atoms with Crippen LogP contribution in [0.5, 0.6) is 0 Å². The Balaban J connectivity index is 2.70. The van der Waals surface area contributed by atoms with Crippen molar-refractivity contribution >= 4 is 22.4 Å². The van der Waals surface area contributed by atoms with E-state index in [1.165, 1.54) is 0 Å². The van der Waals surface area contributed by atoms with Crippen molar-refractivity contribution < 1.29 is 9.00 Å². The molecule has 0 bridgehead atoms. The Morgan fingerprint density at radius 3 is 2.76 bits per heavy atom. The molecule has 0 aliphatic rings. The molecule has 0 heterocycles. The fraction of sp³-hybridized carbons (Fsp3) is 0.417. The number of hydrogen-bond acceptors (Lipinski definition) is 3. The maximum atomic E-state index is 11.9. The standard InChI is InChI=1S/C12H18N2O2S/c1-8-4-5-10(13)6-11(8)12(15)14-7-9(2)17(3)16/h4-6,9H,7,13H2,1-3H3,(H,14,15). The second-order valence-electron chi connectivity index (χ2n) is 4.09. The molecular weight excluding hydrogens is 236 g/mol. The van der Waals surface area contributed by atoms with E-state index in [0.717, 1.165) is 5.56 Å². The summed E-state index contributed by atoms with van der Waals surface area (Å²) in [4.78, 5) is 11.9. The third kappa shape index (κ3) is 3.85. The Kier molecular flexibility index (Phi) is 4.69. The summed E-state index contributed by atoms with van der Waals surface area (Å²) in [5.74, 6) is -0.174. The molecule has 17 heavy (non-hydrogen) atoms. The van der Waals surface area contributed by atoms with Gasteiger partial charge in [0.2, 0.25) is 0 Å². The molecule has 3 N–H and O–H groups in total. The molecule has 0 spiro atoms. The minimum Gasteiger partial charge on any atom is -0.399 e. The lowest BCUT2D eigenvalue weighted by molar-refractivity contribution is 0.0953. The van der Waals surface area contributed by atoms with Crippen molar-refractivity contribution in [3.8, 4) is 0 Å². The molecule has 1 aromatic rings. The van der Waals surface area contributed by atoms with Crippen molar-refractivity contribution in [2.75, 3.05) is 18.5 Å². The third-order valence-corrected chi connectivity index (χ3v) is 3.92. The number of carbonyl (C=O) groups excluding carboxylic acids is 1. The zero-order valence-corrected chi connectivity index (χ0v) is 11.1. The van der Waals surface area contributed by atoms with Crippen LogP contribution in [0.1, 0.15) is 22.8 Å². The number of rotatable bonds is 4. The topological polar surface area (TPSA) is 72.2 Å². The van der Waals surface area contributed by atoms with E-state index in [1.54, 1.807) is 18.4 Å². The summed E-state index contributed by atoms with van der Waals surface area (Å²) in [7, 11) is -0.932. The Labute approximate surface area is 104 Å². The van der Waals surface area contributed by atoms with Crippen molar-refractivity contribution in [1.82, 2.24) is 5.32 Å². The molecule has 0 fully saturated rings. The van der Waals surface area contributed by atoms with Gasteiger partial charge in [0.05, 0.1) is 0 Å². The van der Waals surface area contributed by atoms with Crippen LogP contribution in [0.4, 0.5) is 5.69 Å². The summed E-state index contributed by atoms with van der Waals surface area (Å²) in [5, 5.41) is 2.71. The van der Waals surface area contributed by atoms with Crippen molar-refractivity contribution in [1.29, 1.82) is 0 Å². The molecule has 0 saturated carbocycles. The summed E-state index contributed by atoms with van der Waals surface area (Å²) in [6, 6.07) is 5.22. The molecule has 2 atom stereocenters. The Morgan fingerprint density at radius 1 is 1.53 bits per heavy atom. The smallest absolute Gasteiger partial charge is 0.251 e. The molecule has 4 nitrogen and oxygen atoms in total. The maximum absolute atomic E-state index is 11.9. The summed E-state index contributed by atoms with van der Waals surface area (Å²) >= 11 is 0. The molecular formula is C12H18N2O2S. The van der Waals surface area contributed by atoms with Gasteiger partial charge in [-0.15, -0.1) is 0 Å². The highest BCUT2D eigenvalue weighted by molar-refractivity contribution is 7.84. The predicted molar refractivity (Wildman–Crippen MR) is 71.5 cm³/mol. The average molecular weight is 254 g/mol. The number of carbonyl (C=O) groups is 1. The molecule has 94 valence electrons. The van der Waals surface area contributed by atoms with E-state index in [2.05, 4.69) is 5.32 Å². The fourth-order valence-corrected chi connectivity index (χ4v) is 1.65. The summed E-state index contributed by atoms with van der Waals surface area (Å²) in [6.07, 6.45) is 1.63. The van der Waals surface area contributed by atoms with Crippen LogP contribution in [-0.2, 0) is 10.8 Å². The molecule has 0 saturated heterocycles. The molecule has 5 heteroatoms. The third-order valence-electron chi connectivity index (χ3n) is 2.62. The van der Waals surface area contributed by atoms with E-state index >= 15 is 0 Å². The number of benzene rings is 1. The van der Waals surface area contributed by atoms with Gasteiger partial charge < -0.3 is 11.1 Å². The minimum absolute atomic E-state index is 0.0553. The van der Waals surface area contributed by atoms with Crippen LogP contribution < -0.4 is 11.1 Å². The number of amides is 1. The van der Waals surface area contributed by atoms with Crippen LogP contribution in [0.2, 0.25) is 0 Å². The molecule has 0 aliphatic heterocycles. The second kappa shape index (κ2) is 5.82. The quantitative estimate of drug-likeness (QED) is 0.790. The molecule has 1 aromatic carbocycles. The van der Waals surface area contributed by atoms with Gasteiger partial charge in [-0.05, 0) is 31.5 Å². The van der Waals surface area contributed by atoms with Crippen molar-refractivity contribution in [3.05, 3.63) is 29.3 Å². The first-order chi connectivity index (χ1) is 7.91. The normalized spacial score (nSPS) is 14.1. The van der Waals surface area contributed by atoms with Gasteiger partial charge in [0.15, 0.2) is 0 Å². The number of aryl methyl sites for hydroxylation is 1. The van der Waals surface area contributed by atoms with Crippen LogP contribution >= 0.6 is 0 Å². The first-order valence-corrected chi connectivity index (χ1v) is 7.00. The van der Waals surface area contributed by atoms with Crippen LogP contribution in [0.25, 0.3) is 0 Å². The second-order valence-corrected chi connectivity index (χ2v) is 5.90. The van der Waals surface area contributed by atoms with Gasteiger partial charge >= 0.3 is 0 Å². The molecule has 2 unspecified atom stereocenters. The Morgan fingerprint density at radius 2 is 2.18 bits per heavy atom. The van der Waals surface area contributed by atoms with Gasteiger partial charge in [0, 0.05) is 40.1 Å². The minimum atomic E-state index is -0.932. The Hall–Kier alpha value is -1.36. The van der Waals surface area contributed by atoms with Gasteiger partial charge in [0.25, 0.3) is 5.91 Å².